The maximum Gasteiger partial charge on any atom is 0.250 e. The van der Waals surface area contributed by atoms with Gasteiger partial charge in [0, 0.05) is 16.1 Å². The van der Waals surface area contributed by atoms with E-state index < -0.39 is 17.4 Å². The molecule has 3 saturated heterocycles. The molecule has 1 spiro atoms. The van der Waals surface area contributed by atoms with Gasteiger partial charge in [0.2, 0.25) is 11.8 Å². The zero-order valence-corrected chi connectivity index (χ0v) is 18.1. The second-order valence-electron chi connectivity index (χ2n) is 8.25. The molecule has 6 nitrogen and oxygen atoms in total. The number of anilines is 2. The highest BCUT2D eigenvalue weighted by Gasteiger charge is 2.74. The summed E-state index contributed by atoms with van der Waals surface area (Å²) in [7, 11) is 0. The molecule has 3 amide bonds. The number of carbonyl (C=O) groups excluding carboxylic acids is 3. The summed E-state index contributed by atoms with van der Waals surface area (Å²) in [5, 5.41) is 3.36. The monoisotopic (exact) mass is 485 g/mol. The van der Waals surface area contributed by atoms with Crippen molar-refractivity contribution >= 4 is 56.6 Å². The molecule has 2 aromatic carbocycles. The normalized spacial score (nSPS) is 32.0. The summed E-state index contributed by atoms with van der Waals surface area (Å²) in [6, 6.07) is 12.4. The fourth-order valence-electron chi connectivity index (χ4n) is 6.06. The molecule has 0 aliphatic carbocycles. The van der Waals surface area contributed by atoms with Crippen molar-refractivity contribution < 1.29 is 14.4 Å². The number of benzene rings is 2. The first kappa shape index (κ1) is 18.5. The summed E-state index contributed by atoms with van der Waals surface area (Å²) in [5.41, 5.74) is 0.574. The smallest absolute Gasteiger partial charge is 0.250 e. The van der Waals surface area contributed by atoms with Gasteiger partial charge in [0.1, 0.15) is 5.54 Å². The number of amides is 3. The molecule has 4 aliphatic rings. The molecule has 152 valence electrons. The zero-order valence-electron chi connectivity index (χ0n) is 15.8. The molecule has 4 aliphatic heterocycles. The minimum Gasteiger partial charge on any atom is -0.323 e. The molecular formula is C22H17BrClN3O3. The molecule has 0 aromatic heterocycles. The van der Waals surface area contributed by atoms with Gasteiger partial charge in [-0.15, -0.1) is 0 Å². The number of hydrogen-bond acceptors (Lipinski definition) is 4. The van der Waals surface area contributed by atoms with Gasteiger partial charge in [0.15, 0.2) is 0 Å². The highest BCUT2D eigenvalue weighted by Crippen LogP contribution is 2.61. The predicted molar refractivity (Wildman–Crippen MR) is 115 cm³/mol. The third-order valence-electron chi connectivity index (χ3n) is 7.07. The molecule has 0 saturated carbocycles. The van der Waals surface area contributed by atoms with E-state index in [9.17, 15) is 14.4 Å². The lowest BCUT2D eigenvalue weighted by atomic mass is 9.75. The summed E-state index contributed by atoms with van der Waals surface area (Å²) in [4.78, 5) is 44.4. The van der Waals surface area contributed by atoms with Crippen LogP contribution in [0, 0.1) is 11.8 Å². The van der Waals surface area contributed by atoms with E-state index in [4.69, 9.17) is 11.6 Å². The van der Waals surface area contributed by atoms with Crippen molar-refractivity contribution in [3.63, 3.8) is 0 Å². The topological polar surface area (TPSA) is 69.7 Å². The van der Waals surface area contributed by atoms with Crippen molar-refractivity contribution in [3.8, 4) is 0 Å². The van der Waals surface area contributed by atoms with E-state index in [1.807, 2.05) is 12.1 Å². The number of halogens is 2. The van der Waals surface area contributed by atoms with Gasteiger partial charge in [-0.05, 0) is 53.5 Å². The molecule has 4 atom stereocenters. The summed E-state index contributed by atoms with van der Waals surface area (Å²) < 4.78 is 0.670. The Hall–Kier alpha value is -2.22. The average molecular weight is 487 g/mol. The third kappa shape index (κ3) is 2.01. The van der Waals surface area contributed by atoms with Crippen LogP contribution in [-0.4, -0.2) is 35.2 Å². The Balaban J connectivity index is 1.59. The Morgan fingerprint density at radius 1 is 1.07 bits per heavy atom. The predicted octanol–water partition coefficient (Wildman–Crippen LogP) is 3.53. The van der Waals surface area contributed by atoms with Crippen LogP contribution in [0.4, 0.5) is 11.4 Å². The van der Waals surface area contributed by atoms with Gasteiger partial charge >= 0.3 is 0 Å². The maximum absolute atomic E-state index is 13.8. The average Bonchev–Trinajstić information content (AvgIpc) is 3.42. The largest absolute Gasteiger partial charge is 0.323 e. The number of carbonyl (C=O) groups is 3. The van der Waals surface area contributed by atoms with E-state index in [2.05, 4.69) is 26.1 Å². The lowest BCUT2D eigenvalue weighted by Crippen LogP contribution is -2.54. The minimum absolute atomic E-state index is 0.144. The molecule has 2 aromatic rings. The fourth-order valence-corrected chi connectivity index (χ4v) is 6.75. The number of rotatable bonds is 1. The van der Waals surface area contributed by atoms with Crippen LogP contribution in [0.3, 0.4) is 0 Å². The molecule has 0 radical (unpaired) electrons. The summed E-state index contributed by atoms with van der Waals surface area (Å²) in [6.45, 7) is 0.673. The Bertz CT molecular complexity index is 1150. The van der Waals surface area contributed by atoms with E-state index in [1.54, 1.807) is 30.3 Å². The second kappa shape index (κ2) is 6.15. The number of para-hydroxylation sites is 2. The van der Waals surface area contributed by atoms with E-state index in [0.717, 1.165) is 12.8 Å². The van der Waals surface area contributed by atoms with Crippen molar-refractivity contribution in [2.24, 2.45) is 11.8 Å². The Morgan fingerprint density at radius 3 is 2.67 bits per heavy atom. The second-order valence-corrected chi connectivity index (χ2v) is 9.51. The summed E-state index contributed by atoms with van der Waals surface area (Å²) in [5.74, 6) is -2.15. The molecule has 0 bridgehead atoms. The van der Waals surface area contributed by atoms with Gasteiger partial charge in [-0.2, -0.15) is 0 Å². The van der Waals surface area contributed by atoms with Crippen LogP contribution < -0.4 is 10.2 Å². The van der Waals surface area contributed by atoms with Gasteiger partial charge in [-0.3, -0.25) is 19.3 Å². The molecule has 0 unspecified atom stereocenters. The molecule has 6 rings (SSSR count). The van der Waals surface area contributed by atoms with Crippen molar-refractivity contribution in [1.82, 2.24) is 4.90 Å². The van der Waals surface area contributed by atoms with Crippen molar-refractivity contribution in [3.05, 3.63) is 57.5 Å². The molecule has 1 N–H and O–H groups in total. The van der Waals surface area contributed by atoms with Crippen LogP contribution in [0.2, 0.25) is 5.02 Å². The molecular weight excluding hydrogens is 470 g/mol. The van der Waals surface area contributed by atoms with E-state index in [1.165, 1.54) is 4.90 Å². The lowest BCUT2D eigenvalue weighted by Gasteiger charge is -2.36. The van der Waals surface area contributed by atoms with Gasteiger partial charge in [0.05, 0.1) is 28.2 Å². The van der Waals surface area contributed by atoms with Crippen LogP contribution in [0.15, 0.2) is 46.9 Å². The van der Waals surface area contributed by atoms with Crippen LogP contribution in [0.25, 0.3) is 0 Å². The van der Waals surface area contributed by atoms with Crippen molar-refractivity contribution in [2.45, 2.75) is 24.4 Å². The van der Waals surface area contributed by atoms with Gasteiger partial charge in [-0.1, -0.05) is 35.9 Å². The first-order valence-corrected chi connectivity index (χ1v) is 11.1. The van der Waals surface area contributed by atoms with Crippen molar-refractivity contribution in [1.29, 1.82) is 0 Å². The summed E-state index contributed by atoms with van der Waals surface area (Å²) in [6.07, 6.45) is 1.67. The summed E-state index contributed by atoms with van der Waals surface area (Å²) >= 11 is 9.86. The third-order valence-corrected chi connectivity index (χ3v) is 8.06. The lowest BCUT2D eigenvalue weighted by molar-refractivity contribution is -0.135. The number of fused-ring (bicyclic) bond motifs is 7. The minimum atomic E-state index is -1.20. The van der Waals surface area contributed by atoms with Crippen LogP contribution >= 0.6 is 27.5 Å². The first-order valence-electron chi connectivity index (χ1n) is 9.97. The Kier molecular flexibility index (Phi) is 3.80. The molecule has 3 fully saturated rings. The van der Waals surface area contributed by atoms with Gasteiger partial charge < -0.3 is 5.32 Å². The highest BCUT2D eigenvalue weighted by molar-refractivity contribution is 9.10. The molecule has 4 heterocycles. The van der Waals surface area contributed by atoms with E-state index in [0.29, 0.717) is 33.0 Å². The SMILES string of the molecule is O=C1[C@H]2[C@@H](C(=O)N1c1ccccc1Br)[C@]1(C(=O)Nc3c(Cl)cccc31)N1CCC[C@@H]21. The fraction of sp³-hybridized carbons (Fsp3) is 0.318. The number of imide groups is 1. The van der Waals surface area contributed by atoms with E-state index >= 15 is 0 Å². The number of nitrogens with one attached hydrogen (secondary N) is 1. The maximum atomic E-state index is 13.8. The zero-order chi connectivity index (χ0) is 20.8. The standard InChI is InChI=1S/C22H17BrClN3O3/c23-12-6-1-2-8-14(12)27-19(28)16-15-9-4-10-26(15)22(17(16)20(27)29)11-5-3-7-13(24)18(11)25-21(22)30/h1-3,5-8,15-17H,4,9-10H2,(H,25,30)/t15-,16+,17-,22+/m0/s1. The van der Waals surface area contributed by atoms with Gasteiger partial charge in [-0.25, -0.2) is 4.90 Å². The Morgan fingerprint density at radius 2 is 1.87 bits per heavy atom. The highest BCUT2D eigenvalue weighted by atomic mass is 79.9. The number of nitrogens with zero attached hydrogens (tertiary/aromatic N) is 2. The van der Waals surface area contributed by atoms with Crippen LogP contribution in [0.5, 0.6) is 0 Å². The van der Waals surface area contributed by atoms with Crippen molar-refractivity contribution in [2.75, 3.05) is 16.8 Å². The van der Waals surface area contributed by atoms with Crippen LogP contribution in [0.1, 0.15) is 18.4 Å². The quantitative estimate of drug-likeness (QED) is 0.626. The van der Waals surface area contributed by atoms with E-state index in [-0.39, 0.29) is 23.8 Å². The molecule has 8 heteroatoms. The Labute approximate surface area is 186 Å². The first-order chi connectivity index (χ1) is 14.5. The van der Waals surface area contributed by atoms with Crippen LogP contribution in [-0.2, 0) is 19.9 Å². The number of hydrogen-bond donors (Lipinski definition) is 1. The molecule has 30 heavy (non-hydrogen) atoms. The van der Waals surface area contributed by atoms with Gasteiger partial charge in [0.25, 0.3) is 5.91 Å².